The third-order valence-electron chi connectivity index (χ3n) is 5.37. The Morgan fingerprint density at radius 2 is 1.95 bits per heavy atom. The van der Waals surface area contributed by atoms with Crippen molar-refractivity contribution < 1.29 is 19.4 Å². The number of aryl methyl sites for hydroxylation is 1. The van der Waals surface area contributed by atoms with Crippen LogP contribution in [-0.4, -0.2) is 22.6 Å². The Hall–Kier alpha value is -1.84. The fourth-order valence-electron chi connectivity index (χ4n) is 3.97. The zero-order valence-corrected chi connectivity index (χ0v) is 13.0. The largest absolute Gasteiger partial charge is 0.478 e. The Kier molecular flexibility index (Phi) is 3.71. The second-order valence-corrected chi connectivity index (χ2v) is 6.83. The molecule has 118 valence electrons. The first kappa shape index (κ1) is 15.1. The van der Waals surface area contributed by atoms with Gasteiger partial charge in [0, 0.05) is 12.3 Å². The van der Waals surface area contributed by atoms with Crippen LogP contribution in [0.2, 0.25) is 0 Å². The lowest BCUT2D eigenvalue weighted by atomic mass is 9.83. The van der Waals surface area contributed by atoms with Crippen molar-refractivity contribution in [2.24, 2.45) is 11.8 Å². The van der Waals surface area contributed by atoms with Gasteiger partial charge in [-0.1, -0.05) is 29.8 Å². The van der Waals surface area contributed by atoms with Gasteiger partial charge in [0.1, 0.15) is 0 Å². The van der Waals surface area contributed by atoms with Crippen molar-refractivity contribution in [3.05, 3.63) is 35.4 Å². The average molecular weight is 302 g/mol. The molecule has 4 heteroatoms. The van der Waals surface area contributed by atoms with E-state index in [4.69, 9.17) is 4.74 Å². The maximum atomic E-state index is 12.5. The SMILES string of the molecule is Cc1ccc(C(C)C(=O)OC2(C(=O)O)CC3CCC2C3)cc1. The molecule has 0 radical (unpaired) electrons. The Balaban J connectivity index is 1.77. The van der Waals surface area contributed by atoms with Gasteiger partial charge in [0.25, 0.3) is 0 Å². The van der Waals surface area contributed by atoms with Gasteiger partial charge in [0.15, 0.2) is 0 Å². The quantitative estimate of drug-likeness (QED) is 0.867. The third kappa shape index (κ3) is 2.40. The van der Waals surface area contributed by atoms with Gasteiger partial charge in [-0.25, -0.2) is 4.79 Å². The average Bonchev–Trinajstić information content (AvgIpc) is 3.08. The lowest BCUT2D eigenvalue weighted by molar-refractivity contribution is -0.186. The smallest absolute Gasteiger partial charge is 0.348 e. The van der Waals surface area contributed by atoms with E-state index in [0.717, 1.165) is 30.4 Å². The molecule has 4 unspecified atom stereocenters. The fraction of sp³-hybridized carbons (Fsp3) is 0.556. The molecule has 2 aliphatic rings. The molecule has 4 nitrogen and oxygen atoms in total. The van der Waals surface area contributed by atoms with Gasteiger partial charge in [0.05, 0.1) is 5.92 Å². The third-order valence-corrected chi connectivity index (χ3v) is 5.37. The summed E-state index contributed by atoms with van der Waals surface area (Å²) in [5, 5.41) is 9.65. The van der Waals surface area contributed by atoms with Crippen LogP contribution in [0.4, 0.5) is 0 Å². The van der Waals surface area contributed by atoms with Crippen LogP contribution in [0.1, 0.15) is 49.7 Å². The summed E-state index contributed by atoms with van der Waals surface area (Å²) in [7, 11) is 0. The maximum absolute atomic E-state index is 12.5. The Labute approximate surface area is 130 Å². The van der Waals surface area contributed by atoms with Crippen LogP contribution < -0.4 is 0 Å². The minimum absolute atomic E-state index is 0.0239. The summed E-state index contributed by atoms with van der Waals surface area (Å²) in [5.41, 5.74) is 0.692. The van der Waals surface area contributed by atoms with E-state index in [0.29, 0.717) is 12.3 Å². The topological polar surface area (TPSA) is 63.6 Å². The number of ether oxygens (including phenoxy) is 1. The summed E-state index contributed by atoms with van der Waals surface area (Å²) in [6, 6.07) is 7.69. The molecule has 0 amide bonds. The number of carboxylic acid groups (broad SMARTS) is 1. The number of esters is 1. The van der Waals surface area contributed by atoms with Crippen LogP contribution in [0, 0.1) is 18.8 Å². The lowest BCUT2D eigenvalue weighted by Crippen LogP contribution is -2.48. The van der Waals surface area contributed by atoms with Gasteiger partial charge in [-0.15, -0.1) is 0 Å². The molecule has 0 heterocycles. The standard InChI is InChI=1S/C18H22O4/c1-11-3-6-14(7-4-11)12(2)16(19)22-18(17(20)21)10-13-5-8-15(18)9-13/h3-4,6-7,12-13,15H,5,8-10H2,1-2H3,(H,20,21). The maximum Gasteiger partial charge on any atom is 0.348 e. The number of carboxylic acids is 1. The number of fused-ring (bicyclic) bond motifs is 2. The monoisotopic (exact) mass is 302 g/mol. The molecule has 4 atom stereocenters. The van der Waals surface area contributed by atoms with Gasteiger partial charge >= 0.3 is 11.9 Å². The number of carbonyl (C=O) groups is 2. The minimum atomic E-state index is -1.29. The van der Waals surface area contributed by atoms with Crippen LogP contribution in [0.3, 0.4) is 0 Å². The highest BCUT2D eigenvalue weighted by atomic mass is 16.6. The summed E-state index contributed by atoms with van der Waals surface area (Å²) in [6.07, 6.45) is 3.26. The van der Waals surface area contributed by atoms with Crippen LogP contribution in [0.5, 0.6) is 0 Å². The molecule has 1 N–H and O–H groups in total. The lowest BCUT2D eigenvalue weighted by Gasteiger charge is -2.34. The number of hydrogen-bond donors (Lipinski definition) is 1. The molecule has 1 aromatic rings. The van der Waals surface area contributed by atoms with Crippen molar-refractivity contribution in [2.75, 3.05) is 0 Å². The second-order valence-electron chi connectivity index (χ2n) is 6.83. The Morgan fingerprint density at radius 3 is 2.45 bits per heavy atom. The van der Waals surface area contributed by atoms with E-state index in [-0.39, 0.29) is 5.92 Å². The first-order chi connectivity index (χ1) is 10.4. The zero-order chi connectivity index (χ0) is 15.9. The van der Waals surface area contributed by atoms with Crippen molar-refractivity contribution in [3.8, 4) is 0 Å². The molecule has 0 aliphatic heterocycles. The summed E-state index contributed by atoms with van der Waals surface area (Å²) in [6.45, 7) is 3.76. The molecule has 2 fully saturated rings. The molecule has 2 saturated carbocycles. The molecule has 1 aromatic carbocycles. The minimum Gasteiger partial charge on any atom is -0.478 e. The molecular formula is C18H22O4. The van der Waals surface area contributed by atoms with E-state index in [1.54, 1.807) is 6.92 Å². The molecular weight excluding hydrogens is 280 g/mol. The first-order valence-corrected chi connectivity index (χ1v) is 7.95. The molecule has 3 rings (SSSR count). The van der Waals surface area contributed by atoms with Crippen molar-refractivity contribution in [1.29, 1.82) is 0 Å². The molecule has 2 bridgehead atoms. The van der Waals surface area contributed by atoms with Crippen molar-refractivity contribution in [1.82, 2.24) is 0 Å². The van der Waals surface area contributed by atoms with E-state index >= 15 is 0 Å². The Bertz CT molecular complexity index is 592. The molecule has 0 aromatic heterocycles. The van der Waals surface area contributed by atoms with Crippen LogP contribution in [-0.2, 0) is 14.3 Å². The number of hydrogen-bond acceptors (Lipinski definition) is 3. The van der Waals surface area contributed by atoms with E-state index in [1.807, 2.05) is 31.2 Å². The van der Waals surface area contributed by atoms with Gasteiger partial charge < -0.3 is 9.84 Å². The van der Waals surface area contributed by atoms with Crippen molar-refractivity contribution in [2.45, 2.75) is 51.0 Å². The molecule has 22 heavy (non-hydrogen) atoms. The number of benzene rings is 1. The van der Waals surface area contributed by atoms with E-state index in [1.165, 1.54) is 0 Å². The molecule has 0 saturated heterocycles. The normalized spacial score (nSPS) is 31.0. The summed E-state index contributed by atoms with van der Waals surface area (Å²) in [4.78, 5) is 24.3. The highest BCUT2D eigenvalue weighted by Gasteiger charge is 2.59. The molecule has 2 aliphatic carbocycles. The number of rotatable bonds is 4. The second kappa shape index (κ2) is 5.41. The summed E-state index contributed by atoms with van der Waals surface area (Å²) in [5.74, 6) is -1.49. The van der Waals surface area contributed by atoms with Gasteiger partial charge in [-0.3, -0.25) is 4.79 Å². The predicted octanol–water partition coefficient (Wildman–Crippen LogP) is 3.29. The van der Waals surface area contributed by atoms with Gasteiger partial charge in [-0.2, -0.15) is 0 Å². The van der Waals surface area contributed by atoms with Crippen molar-refractivity contribution in [3.63, 3.8) is 0 Å². The van der Waals surface area contributed by atoms with Crippen LogP contribution in [0.15, 0.2) is 24.3 Å². The van der Waals surface area contributed by atoms with Gasteiger partial charge in [0.2, 0.25) is 5.60 Å². The van der Waals surface area contributed by atoms with Crippen molar-refractivity contribution >= 4 is 11.9 Å². The summed E-state index contributed by atoms with van der Waals surface area (Å²) < 4.78 is 5.60. The first-order valence-electron chi connectivity index (χ1n) is 7.95. The highest BCUT2D eigenvalue weighted by Crippen LogP contribution is 2.53. The Morgan fingerprint density at radius 1 is 1.27 bits per heavy atom. The summed E-state index contributed by atoms with van der Waals surface area (Å²) >= 11 is 0. The fourth-order valence-corrected chi connectivity index (χ4v) is 3.97. The highest BCUT2D eigenvalue weighted by molar-refractivity contribution is 5.85. The van der Waals surface area contributed by atoms with Crippen LogP contribution in [0.25, 0.3) is 0 Å². The predicted molar refractivity (Wildman–Crippen MR) is 81.5 cm³/mol. The van der Waals surface area contributed by atoms with Crippen LogP contribution >= 0.6 is 0 Å². The van der Waals surface area contributed by atoms with E-state index in [2.05, 4.69) is 0 Å². The number of aliphatic carboxylic acids is 1. The van der Waals surface area contributed by atoms with E-state index in [9.17, 15) is 14.7 Å². The van der Waals surface area contributed by atoms with Gasteiger partial charge in [-0.05, 0) is 44.6 Å². The number of carbonyl (C=O) groups excluding carboxylic acids is 1. The zero-order valence-electron chi connectivity index (χ0n) is 13.0. The molecule has 0 spiro atoms. The van der Waals surface area contributed by atoms with E-state index < -0.39 is 23.5 Å².